The largest absolute Gasteiger partial charge is 0.491 e. The molecule has 0 aliphatic heterocycles. The van der Waals surface area contributed by atoms with Gasteiger partial charge in [-0.05, 0) is 42.5 Å². The van der Waals surface area contributed by atoms with Gasteiger partial charge in [-0.2, -0.15) is 0 Å². The molecular formula is C27H42O5Si. The van der Waals surface area contributed by atoms with Gasteiger partial charge in [-0.1, -0.05) is 81.3 Å². The highest BCUT2D eigenvalue weighted by molar-refractivity contribution is 7.02. The summed E-state index contributed by atoms with van der Waals surface area (Å²) < 4.78 is 11.7. The number of aryl methyl sites for hydroxylation is 2. The van der Waals surface area contributed by atoms with Crippen molar-refractivity contribution in [3.63, 3.8) is 0 Å². The van der Waals surface area contributed by atoms with E-state index < -0.39 is 20.3 Å². The number of benzene rings is 2. The third kappa shape index (κ3) is 6.60. The van der Waals surface area contributed by atoms with E-state index in [0.29, 0.717) is 0 Å². The Bertz CT molecular complexity index is 902. The number of aliphatic hydroxyl groups excluding tert-OH is 3. The van der Waals surface area contributed by atoms with Crippen molar-refractivity contribution in [2.75, 3.05) is 19.8 Å². The molecule has 0 amide bonds. The summed E-state index contributed by atoms with van der Waals surface area (Å²) in [5, 5.41) is 31.7. The van der Waals surface area contributed by atoms with E-state index >= 15 is 0 Å². The predicted octanol–water partition coefficient (Wildman–Crippen LogP) is 3.42. The molecule has 184 valence electrons. The molecule has 2 rings (SSSR count). The summed E-state index contributed by atoms with van der Waals surface area (Å²) >= 11 is 0. The normalized spacial score (nSPS) is 14.1. The van der Waals surface area contributed by atoms with E-state index in [1.54, 1.807) is 0 Å². The summed E-state index contributed by atoms with van der Waals surface area (Å²) in [6.45, 7) is 14.7. The molecule has 6 heteroatoms. The summed E-state index contributed by atoms with van der Waals surface area (Å²) in [5.74, 6) is 1.55. The number of hydrogen-bond acceptors (Lipinski definition) is 5. The Morgan fingerprint density at radius 1 is 0.818 bits per heavy atom. The minimum Gasteiger partial charge on any atom is -0.491 e. The Kier molecular flexibility index (Phi) is 9.55. The van der Waals surface area contributed by atoms with Gasteiger partial charge in [-0.3, -0.25) is 0 Å². The van der Waals surface area contributed by atoms with E-state index in [-0.39, 0.29) is 25.2 Å². The van der Waals surface area contributed by atoms with E-state index in [2.05, 4.69) is 45.0 Å². The fraction of sp³-hybridized carbons (Fsp3) is 0.556. The first-order chi connectivity index (χ1) is 15.5. The highest BCUT2D eigenvalue weighted by atomic mass is 28.3. The van der Waals surface area contributed by atoms with Gasteiger partial charge in [0.2, 0.25) is 0 Å². The standard InChI is InChI=1S/C27H42O5Si/c1-8-33(9-2,22-10-12-24(19(3)14-22)31-17-21(29)16-28)23-11-13-25(20(4)15-23)32-18-26(30)27(5,6)7/h10-15,21,26,28-30H,8-9,16-18H2,1-7H3/t21-,26-/m1/s1. The van der Waals surface area contributed by atoms with Crippen molar-refractivity contribution in [3.8, 4) is 11.5 Å². The number of rotatable bonds is 11. The zero-order chi connectivity index (χ0) is 24.8. The van der Waals surface area contributed by atoms with Crippen molar-refractivity contribution in [3.05, 3.63) is 47.5 Å². The first-order valence-corrected chi connectivity index (χ1v) is 14.3. The highest BCUT2D eigenvalue weighted by Gasteiger charge is 2.34. The van der Waals surface area contributed by atoms with E-state index in [1.807, 2.05) is 39.8 Å². The molecule has 0 saturated heterocycles. The molecule has 2 aromatic carbocycles. The molecule has 0 saturated carbocycles. The number of hydrogen-bond donors (Lipinski definition) is 3. The van der Waals surface area contributed by atoms with E-state index in [0.717, 1.165) is 34.7 Å². The highest BCUT2D eigenvalue weighted by Crippen LogP contribution is 2.25. The second-order valence-corrected chi connectivity index (χ2v) is 14.8. The van der Waals surface area contributed by atoms with Gasteiger partial charge in [0.25, 0.3) is 0 Å². The van der Waals surface area contributed by atoms with E-state index in [4.69, 9.17) is 14.6 Å². The molecule has 0 aliphatic carbocycles. The summed E-state index contributed by atoms with van der Waals surface area (Å²) in [6, 6.07) is 15.0. The molecule has 0 aromatic heterocycles. The molecule has 0 heterocycles. The molecule has 0 fully saturated rings. The van der Waals surface area contributed by atoms with Crippen LogP contribution in [0.15, 0.2) is 36.4 Å². The van der Waals surface area contributed by atoms with Crippen molar-refractivity contribution in [1.29, 1.82) is 0 Å². The Balaban J connectivity index is 2.31. The van der Waals surface area contributed by atoms with Crippen molar-refractivity contribution in [2.45, 2.75) is 72.8 Å². The lowest BCUT2D eigenvalue weighted by molar-refractivity contribution is 0.0216. The SMILES string of the molecule is CC[Si](CC)(c1ccc(OC[C@H](O)CO)c(C)c1)c1ccc(OC[C@@H](O)C(C)(C)C)c(C)c1. The van der Waals surface area contributed by atoms with Crippen LogP contribution in [0.2, 0.25) is 12.1 Å². The third-order valence-corrected chi connectivity index (χ3v) is 11.9. The molecule has 2 atom stereocenters. The zero-order valence-corrected chi connectivity index (χ0v) is 22.3. The molecule has 2 aromatic rings. The second kappa shape index (κ2) is 11.5. The Morgan fingerprint density at radius 3 is 1.64 bits per heavy atom. The van der Waals surface area contributed by atoms with Crippen molar-refractivity contribution < 1.29 is 24.8 Å². The minimum atomic E-state index is -1.98. The van der Waals surface area contributed by atoms with Gasteiger partial charge < -0.3 is 24.8 Å². The van der Waals surface area contributed by atoms with Gasteiger partial charge in [0.1, 0.15) is 38.9 Å². The average Bonchev–Trinajstić information content (AvgIpc) is 2.78. The molecule has 0 aliphatic rings. The van der Waals surface area contributed by atoms with Gasteiger partial charge in [0.05, 0.1) is 12.7 Å². The molecule has 3 N–H and O–H groups in total. The molecule has 0 radical (unpaired) electrons. The number of aliphatic hydroxyl groups is 3. The topological polar surface area (TPSA) is 79.2 Å². The second-order valence-electron chi connectivity index (χ2n) is 10.1. The first-order valence-electron chi connectivity index (χ1n) is 11.9. The van der Waals surface area contributed by atoms with Crippen LogP contribution in [0.1, 0.15) is 45.7 Å². The predicted molar refractivity (Wildman–Crippen MR) is 138 cm³/mol. The monoisotopic (exact) mass is 474 g/mol. The maximum atomic E-state index is 10.3. The summed E-state index contributed by atoms with van der Waals surface area (Å²) in [6.07, 6.45) is -1.41. The first kappa shape index (κ1) is 27.4. The quantitative estimate of drug-likeness (QED) is 0.435. The summed E-state index contributed by atoms with van der Waals surface area (Å²) in [5.41, 5.74) is 1.90. The van der Waals surface area contributed by atoms with E-state index in [1.165, 1.54) is 10.4 Å². The molecule has 0 spiro atoms. The van der Waals surface area contributed by atoms with Gasteiger partial charge >= 0.3 is 0 Å². The van der Waals surface area contributed by atoms with Gasteiger partial charge in [-0.15, -0.1) is 0 Å². The van der Waals surface area contributed by atoms with Crippen LogP contribution in [0, 0.1) is 19.3 Å². The fourth-order valence-corrected chi connectivity index (χ4v) is 8.37. The molecule has 33 heavy (non-hydrogen) atoms. The Morgan fingerprint density at radius 2 is 1.27 bits per heavy atom. The lowest BCUT2D eigenvalue weighted by Crippen LogP contribution is -2.57. The average molecular weight is 475 g/mol. The molecular weight excluding hydrogens is 432 g/mol. The zero-order valence-electron chi connectivity index (χ0n) is 21.3. The number of ether oxygens (including phenoxy) is 2. The van der Waals surface area contributed by atoms with Crippen LogP contribution in [0.25, 0.3) is 0 Å². The summed E-state index contributed by atoms with van der Waals surface area (Å²) in [4.78, 5) is 0. The Labute approximate surface area is 200 Å². The van der Waals surface area contributed by atoms with Gasteiger partial charge in [-0.25, -0.2) is 0 Å². The lowest BCUT2D eigenvalue weighted by Gasteiger charge is -2.32. The third-order valence-electron chi connectivity index (χ3n) is 6.70. The molecule has 0 bridgehead atoms. The molecule has 5 nitrogen and oxygen atoms in total. The van der Waals surface area contributed by atoms with Crippen LogP contribution >= 0.6 is 0 Å². The van der Waals surface area contributed by atoms with Gasteiger partial charge in [0.15, 0.2) is 0 Å². The maximum absolute atomic E-state index is 10.3. The smallest absolute Gasteiger partial charge is 0.122 e. The van der Waals surface area contributed by atoms with Crippen LogP contribution in [-0.2, 0) is 0 Å². The summed E-state index contributed by atoms with van der Waals surface area (Å²) in [7, 11) is -1.98. The fourth-order valence-electron chi connectivity index (χ4n) is 4.11. The van der Waals surface area contributed by atoms with Gasteiger partial charge in [0, 0.05) is 0 Å². The van der Waals surface area contributed by atoms with Crippen molar-refractivity contribution in [1.82, 2.24) is 0 Å². The van der Waals surface area contributed by atoms with Crippen LogP contribution < -0.4 is 19.8 Å². The van der Waals surface area contributed by atoms with Crippen LogP contribution in [-0.4, -0.2) is 55.4 Å². The van der Waals surface area contributed by atoms with Crippen LogP contribution in [0.3, 0.4) is 0 Å². The minimum absolute atomic E-state index is 0.0748. The maximum Gasteiger partial charge on any atom is 0.122 e. The van der Waals surface area contributed by atoms with E-state index in [9.17, 15) is 10.2 Å². The lowest BCUT2D eigenvalue weighted by atomic mass is 9.90. The molecule has 0 unspecified atom stereocenters. The van der Waals surface area contributed by atoms with Crippen LogP contribution in [0.4, 0.5) is 0 Å². The van der Waals surface area contributed by atoms with Crippen molar-refractivity contribution in [2.24, 2.45) is 5.41 Å². The van der Waals surface area contributed by atoms with Crippen LogP contribution in [0.5, 0.6) is 11.5 Å². The van der Waals surface area contributed by atoms with Crippen molar-refractivity contribution >= 4 is 18.4 Å². The Hall–Kier alpha value is -1.86.